The molecule has 1 fully saturated rings. The number of hydrogen-bond donors (Lipinski definition) is 2. The molecule has 0 atom stereocenters. The maximum absolute atomic E-state index is 10.9. The number of aromatic carboxylic acids is 1. The third-order valence-corrected chi connectivity index (χ3v) is 2.55. The molecule has 5 heteroatoms. The van der Waals surface area contributed by atoms with E-state index in [1.165, 1.54) is 6.07 Å². The standard InChI is InChI=1S/C12H15NO4/c14-12(15)10-3-1-2-4-11(10)17-6-5-13-9-7-16-8-9/h1-4,9,13H,5-8H2,(H,14,15). The maximum Gasteiger partial charge on any atom is 0.339 e. The number of benzene rings is 1. The summed E-state index contributed by atoms with van der Waals surface area (Å²) in [5.74, 6) is -0.562. The Morgan fingerprint density at radius 2 is 2.24 bits per heavy atom. The lowest BCUT2D eigenvalue weighted by Gasteiger charge is -2.26. The Morgan fingerprint density at radius 3 is 2.88 bits per heavy atom. The molecule has 0 bridgehead atoms. The Kier molecular flexibility index (Phi) is 3.95. The second kappa shape index (κ2) is 5.65. The van der Waals surface area contributed by atoms with Gasteiger partial charge in [-0.3, -0.25) is 0 Å². The number of nitrogens with one attached hydrogen (secondary N) is 1. The summed E-state index contributed by atoms with van der Waals surface area (Å²) < 4.78 is 10.5. The SMILES string of the molecule is O=C(O)c1ccccc1OCCNC1COC1. The molecule has 0 amide bonds. The van der Waals surface area contributed by atoms with Crippen molar-refractivity contribution in [2.75, 3.05) is 26.4 Å². The first-order chi connectivity index (χ1) is 8.27. The molecule has 1 aromatic carbocycles. The van der Waals surface area contributed by atoms with Crippen LogP contribution in [0, 0.1) is 0 Å². The van der Waals surface area contributed by atoms with Crippen LogP contribution in [0.3, 0.4) is 0 Å². The topological polar surface area (TPSA) is 67.8 Å². The van der Waals surface area contributed by atoms with Crippen LogP contribution in [0.4, 0.5) is 0 Å². The van der Waals surface area contributed by atoms with Crippen molar-refractivity contribution in [3.63, 3.8) is 0 Å². The van der Waals surface area contributed by atoms with Crippen molar-refractivity contribution in [1.82, 2.24) is 5.32 Å². The first-order valence-corrected chi connectivity index (χ1v) is 5.53. The fourth-order valence-corrected chi connectivity index (χ4v) is 1.55. The summed E-state index contributed by atoms with van der Waals surface area (Å²) in [7, 11) is 0. The van der Waals surface area contributed by atoms with Gasteiger partial charge in [0, 0.05) is 6.54 Å². The van der Waals surface area contributed by atoms with E-state index in [1.807, 2.05) is 0 Å². The molecule has 92 valence electrons. The molecule has 0 unspecified atom stereocenters. The van der Waals surface area contributed by atoms with Crippen LogP contribution in [0.2, 0.25) is 0 Å². The summed E-state index contributed by atoms with van der Waals surface area (Å²) in [6.45, 7) is 2.61. The Hall–Kier alpha value is -1.59. The van der Waals surface area contributed by atoms with E-state index in [0.717, 1.165) is 13.2 Å². The quantitative estimate of drug-likeness (QED) is 0.715. The zero-order chi connectivity index (χ0) is 12.1. The first kappa shape index (κ1) is 11.9. The second-order valence-electron chi connectivity index (χ2n) is 3.84. The minimum absolute atomic E-state index is 0.194. The summed E-state index contributed by atoms with van der Waals surface area (Å²) in [6, 6.07) is 7.05. The maximum atomic E-state index is 10.9. The van der Waals surface area contributed by atoms with Gasteiger partial charge >= 0.3 is 5.97 Å². The Balaban J connectivity index is 1.79. The van der Waals surface area contributed by atoms with Gasteiger partial charge in [-0.1, -0.05) is 12.1 Å². The summed E-state index contributed by atoms with van der Waals surface area (Å²) in [4.78, 5) is 10.9. The van der Waals surface area contributed by atoms with Gasteiger partial charge < -0.3 is 19.9 Å². The van der Waals surface area contributed by atoms with Crippen LogP contribution in [0.5, 0.6) is 5.75 Å². The zero-order valence-electron chi connectivity index (χ0n) is 9.39. The predicted octanol–water partition coefficient (Wildman–Crippen LogP) is 0.752. The van der Waals surface area contributed by atoms with Crippen LogP contribution in [-0.2, 0) is 4.74 Å². The van der Waals surface area contributed by atoms with E-state index in [9.17, 15) is 4.79 Å². The van der Waals surface area contributed by atoms with E-state index in [1.54, 1.807) is 18.2 Å². The molecule has 2 N–H and O–H groups in total. The van der Waals surface area contributed by atoms with E-state index < -0.39 is 5.97 Å². The largest absolute Gasteiger partial charge is 0.491 e. The van der Waals surface area contributed by atoms with E-state index >= 15 is 0 Å². The van der Waals surface area contributed by atoms with Crippen molar-refractivity contribution in [1.29, 1.82) is 0 Å². The molecular weight excluding hydrogens is 222 g/mol. The Morgan fingerprint density at radius 1 is 1.47 bits per heavy atom. The number of rotatable bonds is 6. The van der Waals surface area contributed by atoms with E-state index in [2.05, 4.69) is 5.32 Å². The minimum Gasteiger partial charge on any atom is -0.491 e. The molecule has 1 aliphatic rings. The van der Waals surface area contributed by atoms with Crippen molar-refractivity contribution in [2.24, 2.45) is 0 Å². The third-order valence-electron chi connectivity index (χ3n) is 2.55. The van der Waals surface area contributed by atoms with Crippen LogP contribution in [0.25, 0.3) is 0 Å². The summed E-state index contributed by atoms with van der Waals surface area (Å²) >= 11 is 0. The lowest BCUT2D eigenvalue weighted by Crippen LogP contribution is -2.47. The molecule has 17 heavy (non-hydrogen) atoms. The van der Waals surface area contributed by atoms with Crippen LogP contribution in [0.15, 0.2) is 24.3 Å². The van der Waals surface area contributed by atoms with Crippen molar-refractivity contribution in [3.05, 3.63) is 29.8 Å². The van der Waals surface area contributed by atoms with Gasteiger partial charge in [0.05, 0.1) is 19.3 Å². The smallest absolute Gasteiger partial charge is 0.339 e. The molecule has 0 radical (unpaired) electrons. The number of ether oxygens (including phenoxy) is 2. The third kappa shape index (κ3) is 3.18. The fourth-order valence-electron chi connectivity index (χ4n) is 1.55. The second-order valence-corrected chi connectivity index (χ2v) is 3.84. The molecule has 1 saturated heterocycles. The molecular formula is C12H15NO4. The Bertz CT molecular complexity index is 390. The van der Waals surface area contributed by atoms with Gasteiger partial charge in [0.1, 0.15) is 17.9 Å². The number of carbonyl (C=O) groups is 1. The summed E-state index contributed by atoms with van der Waals surface area (Å²) in [5.41, 5.74) is 0.194. The van der Waals surface area contributed by atoms with E-state index in [4.69, 9.17) is 14.6 Å². The lowest BCUT2D eigenvalue weighted by molar-refractivity contribution is -0.00596. The highest BCUT2D eigenvalue weighted by Gasteiger charge is 2.16. The van der Waals surface area contributed by atoms with Gasteiger partial charge in [-0.05, 0) is 12.1 Å². The molecule has 0 saturated carbocycles. The van der Waals surface area contributed by atoms with Crippen LogP contribution in [0.1, 0.15) is 10.4 Å². The normalized spacial score (nSPS) is 15.3. The average molecular weight is 237 g/mol. The molecule has 0 spiro atoms. The lowest BCUT2D eigenvalue weighted by atomic mass is 10.2. The van der Waals surface area contributed by atoms with Crippen LogP contribution >= 0.6 is 0 Å². The zero-order valence-corrected chi connectivity index (χ0v) is 9.39. The van der Waals surface area contributed by atoms with Gasteiger partial charge in [-0.15, -0.1) is 0 Å². The highest BCUT2D eigenvalue weighted by atomic mass is 16.5. The molecule has 2 rings (SSSR count). The van der Waals surface area contributed by atoms with Crippen molar-refractivity contribution in [3.8, 4) is 5.75 Å². The van der Waals surface area contributed by atoms with Crippen molar-refractivity contribution in [2.45, 2.75) is 6.04 Å². The molecule has 0 aliphatic carbocycles. The van der Waals surface area contributed by atoms with Gasteiger partial charge in [0.15, 0.2) is 0 Å². The number of carboxylic acids is 1. The van der Waals surface area contributed by atoms with Gasteiger partial charge in [0.25, 0.3) is 0 Å². The van der Waals surface area contributed by atoms with Gasteiger partial charge in [0.2, 0.25) is 0 Å². The molecule has 5 nitrogen and oxygen atoms in total. The predicted molar refractivity (Wildman–Crippen MR) is 61.5 cm³/mol. The highest BCUT2D eigenvalue weighted by molar-refractivity contribution is 5.90. The Labute approximate surface area is 99.3 Å². The minimum atomic E-state index is -0.971. The molecule has 1 aliphatic heterocycles. The number of para-hydroxylation sites is 1. The first-order valence-electron chi connectivity index (χ1n) is 5.53. The molecule has 0 aromatic heterocycles. The summed E-state index contributed by atoms with van der Waals surface area (Å²) in [5, 5.41) is 12.2. The van der Waals surface area contributed by atoms with Crippen molar-refractivity contribution < 1.29 is 19.4 Å². The monoisotopic (exact) mass is 237 g/mol. The molecule has 1 heterocycles. The van der Waals surface area contributed by atoms with E-state index in [0.29, 0.717) is 24.9 Å². The van der Waals surface area contributed by atoms with Crippen LogP contribution in [-0.4, -0.2) is 43.5 Å². The highest BCUT2D eigenvalue weighted by Crippen LogP contribution is 2.17. The van der Waals surface area contributed by atoms with Crippen molar-refractivity contribution >= 4 is 5.97 Å². The van der Waals surface area contributed by atoms with Gasteiger partial charge in [-0.25, -0.2) is 4.79 Å². The van der Waals surface area contributed by atoms with Gasteiger partial charge in [-0.2, -0.15) is 0 Å². The average Bonchev–Trinajstić information content (AvgIpc) is 2.26. The molecule has 1 aromatic rings. The van der Waals surface area contributed by atoms with Crippen LogP contribution < -0.4 is 10.1 Å². The summed E-state index contributed by atoms with van der Waals surface area (Å²) in [6.07, 6.45) is 0. The number of hydrogen-bond acceptors (Lipinski definition) is 4. The van der Waals surface area contributed by atoms with E-state index in [-0.39, 0.29) is 5.56 Å². The number of carboxylic acid groups (broad SMARTS) is 1. The fraction of sp³-hybridized carbons (Fsp3) is 0.417.